The first-order valence-corrected chi connectivity index (χ1v) is 3.97. The Bertz CT molecular complexity index is 486. The molecule has 12 heavy (non-hydrogen) atoms. The molecule has 0 aliphatic rings. The van der Waals surface area contributed by atoms with Gasteiger partial charge in [-0.05, 0) is 12.1 Å². The second-order valence-electron chi connectivity index (χ2n) is 2.34. The van der Waals surface area contributed by atoms with Gasteiger partial charge in [-0.3, -0.25) is 0 Å². The summed E-state index contributed by atoms with van der Waals surface area (Å²) in [6.07, 6.45) is 0. The number of nitrogens with one attached hydrogen (secondary N) is 1. The third-order valence-corrected chi connectivity index (χ3v) is 2.26. The van der Waals surface area contributed by atoms with Gasteiger partial charge >= 0.3 is 5.69 Å². The predicted octanol–water partition coefficient (Wildman–Crippen LogP) is 1.98. The largest absolute Gasteiger partial charge is 0.341 e. The van der Waals surface area contributed by atoms with Gasteiger partial charge in [0, 0.05) is 11.8 Å². The summed E-state index contributed by atoms with van der Waals surface area (Å²) in [6.45, 7) is 0. The van der Waals surface area contributed by atoms with Crippen molar-refractivity contribution in [2.24, 2.45) is 0 Å². The molecule has 0 fully saturated rings. The summed E-state index contributed by atoms with van der Waals surface area (Å²) in [4.78, 5) is 13.5. The fourth-order valence-electron chi connectivity index (χ4n) is 1.07. The molecule has 0 bridgehead atoms. The molecule has 0 saturated carbocycles. The first-order valence-electron chi connectivity index (χ1n) is 3.25. The van der Waals surface area contributed by atoms with Gasteiger partial charge in [0.1, 0.15) is 0 Å². The Morgan fingerprint density at radius 1 is 1.42 bits per heavy atom. The summed E-state index contributed by atoms with van der Waals surface area (Å²) in [5.41, 5.74) is 0.785. The lowest BCUT2D eigenvalue weighted by Gasteiger charge is -1.91. The van der Waals surface area contributed by atoms with E-state index < -0.39 is 0 Å². The minimum atomic E-state index is -0.375. The van der Waals surface area contributed by atoms with Crippen LogP contribution in [0.1, 0.15) is 0 Å². The van der Waals surface area contributed by atoms with Crippen molar-refractivity contribution in [2.75, 3.05) is 0 Å². The minimum Gasteiger partial charge on any atom is -0.303 e. The van der Waals surface area contributed by atoms with Crippen molar-refractivity contribution < 1.29 is 0 Å². The molecule has 1 aromatic heterocycles. The lowest BCUT2D eigenvalue weighted by molar-refractivity contribution is 1.14. The quantitative estimate of drug-likeness (QED) is 0.698. The highest BCUT2D eigenvalue weighted by atomic mass is 35.5. The van der Waals surface area contributed by atoms with Crippen LogP contribution in [0.3, 0.4) is 0 Å². The van der Waals surface area contributed by atoms with Gasteiger partial charge in [0.05, 0.1) is 16.1 Å². The number of aromatic amines is 1. The second-order valence-corrected chi connectivity index (χ2v) is 3.09. The molecule has 1 aromatic carbocycles. The molecule has 0 aliphatic carbocycles. The maximum atomic E-state index is 11.0. The molecule has 0 amide bonds. The van der Waals surface area contributed by atoms with Gasteiger partial charge in [0.15, 0.2) is 0 Å². The van der Waals surface area contributed by atoms with Crippen molar-refractivity contribution in [3.05, 3.63) is 33.7 Å². The average Bonchev–Trinajstić information content (AvgIpc) is 2.32. The molecular weight excluding hydrogens is 199 g/mol. The van der Waals surface area contributed by atoms with Crippen molar-refractivity contribution in [1.82, 2.24) is 9.07 Å². The zero-order valence-corrected chi connectivity index (χ0v) is 7.36. The van der Waals surface area contributed by atoms with Gasteiger partial charge in [-0.2, -0.15) is 0 Å². The van der Waals surface area contributed by atoms with Crippen molar-refractivity contribution in [2.45, 2.75) is 0 Å². The Morgan fingerprint density at radius 2 is 2.17 bits per heavy atom. The van der Waals surface area contributed by atoms with Crippen LogP contribution in [0, 0.1) is 0 Å². The van der Waals surface area contributed by atoms with Crippen LogP contribution in [0.25, 0.3) is 11.0 Å². The Hall–Kier alpha value is -0.930. The van der Waals surface area contributed by atoms with Gasteiger partial charge in [0.2, 0.25) is 0 Å². The van der Waals surface area contributed by atoms with Crippen LogP contribution in [0.15, 0.2) is 23.0 Å². The van der Waals surface area contributed by atoms with Crippen LogP contribution in [0.4, 0.5) is 0 Å². The molecule has 0 radical (unpaired) electrons. The van der Waals surface area contributed by atoms with E-state index >= 15 is 0 Å². The van der Waals surface area contributed by atoms with E-state index in [1.165, 1.54) is 0 Å². The Kier molecular flexibility index (Phi) is 1.63. The molecule has 0 unspecified atom stereocenters. The SMILES string of the molecule is O=c1[nH]c2c(Cl)cccc2n1Cl. The van der Waals surface area contributed by atoms with E-state index in [1.807, 2.05) is 0 Å². The van der Waals surface area contributed by atoms with Crippen molar-refractivity contribution in [3.63, 3.8) is 0 Å². The molecule has 1 heterocycles. The number of fused-ring (bicyclic) bond motifs is 1. The summed E-state index contributed by atoms with van der Waals surface area (Å²) < 4.78 is 1.00. The van der Waals surface area contributed by atoms with E-state index in [9.17, 15) is 4.79 Å². The number of hydrogen-bond acceptors (Lipinski definition) is 1. The topological polar surface area (TPSA) is 37.8 Å². The van der Waals surface area contributed by atoms with Crippen LogP contribution in [-0.2, 0) is 0 Å². The number of benzene rings is 1. The highest BCUT2D eigenvalue weighted by Gasteiger charge is 2.05. The molecule has 2 aromatic rings. The van der Waals surface area contributed by atoms with Gasteiger partial charge in [-0.1, -0.05) is 17.7 Å². The molecule has 1 N–H and O–H groups in total. The van der Waals surface area contributed by atoms with Gasteiger partial charge < -0.3 is 4.98 Å². The van der Waals surface area contributed by atoms with Crippen molar-refractivity contribution in [1.29, 1.82) is 0 Å². The maximum absolute atomic E-state index is 11.0. The van der Waals surface area contributed by atoms with E-state index in [2.05, 4.69) is 4.98 Å². The molecule has 0 atom stereocenters. The second kappa shape index (κ2) is 2.54. The Labute approximate surface area is 77.6 Å². The zero-order chi connectivity index (χ0) is 8.72. The first kappa shape index (κ1) is 7.71. The van der Waals surface area contributed by atoms with Crippen molar-refractivity contribution in [3.8, 4) is 0 Å². The summed E-state index contributed by atoms with van der Waals surface area (Å²) in [7, 11) is 0. The number of nitrogens with zero attached hydrogens (tertiary/aromatic N) is 1. The fraction of sp³-hybridized carbons (Fsp3) is 0. The molecule has 62 valence electrons. The summed E-state index contributed by atoms with van der Waals surface area (Å²) >= 11 is 11.4. The third-order valence-electron chi connectivity index (χ3n) is 1.61. The number of rotatable bonds is 0. The number of imidazole rings is 1. The number of halogens is 2. The average molecular weight is 203 g/mol. The van der Waals surface area contributed by atoms with E-state index in [0.29, 0.717) is 16.1 Å². The van der Waals surface area contributed by atoms with E-state index in [0.717, 1.165) is 4.09 Å². The van der Waals surface area contributed by atoms with E-state index in [-0.39, 0.29) is 5.69 Å². The highest BCUT2D eigenvalue weighted by Crippen LogP contribution is 2.19. The Morgan fingerprint density at radius 3 is 2.83 bits per heavy atom. The maximum Gasteiger partial charge on any atom is 0.341 e. The summed E-state index contributed by atoms with van der Waals surface area (Å²) in [5.74, 6) is 0. The number of aromatic nitrogens is 2. The molecule has 3 nitrogen and oxygen atoms in total. The lowest BCUT2D eigenvalue weighted by atomic mass is 10.3. The van der Waals surface area contributed by atoms with Crippen LogP contribution in [0.2, 0.25) is 5.02 Å². The molecular formula is C7H4Cl2N2O. The van der Waals surface area contributed by atoms with E-state index in [1.54, 1.807) is 18.2 Å². The number of H-pyrrole nitrogens is 1. The molecule has 0 saturated heterocycles. The molecule has 0 spiro atoms. The van der Waals surface area contributed by atoms with Crippen LogP contribution in [-0.4, -0.2) is 9.07 Å². The van der Waals surface area contributed by atoms with Crippen LogP contribution < -0.4 is 5.69 Å². The highest BCUT2D eigenvalue weighted by molar-refractivity contribution is 6.35. The monoisotopic (exact) mass is 202 g/mol. The smallest absolute Gasteiger partial charge is 0.303 e. The third kappa shape index (κ3) is 0.940. The predicted molar refractivity (Wildman–Crippen MR) is 48.8 cm³/mol. The normalized spacial score (nSPS) is 10.8. The number of hydrogen-bond donors (Lipinski definition) is 1. The van der Waals surface area contributed by atoms with Crippen LogP contribution in [0.5, 0.6) is 0 Å². The summed E-state index contributed by atoms with van der Waals surface area (Å²) in [5, 5.41) is 0.490. The standard InChI is InChI=1S/C7H4Cl2N2O/c8-4-2-1-3-5-6(4)10-7(12)11(5)9/h1-3H,(H,10,12). The van der Waals surface area contributed by atoms with Gasteiger partial charge in [0.25, 0.3) is 0 Å². The summed E-state index contributed by atoms with van der Waals surface area (Å²) in [6, 6.07) is 5.14. The van der Waals surface area contributed by atoms with Gasteiger partial charge in [-0.15, -0.1) is 0 Å². The zero-order valence-electron chi connectivity index (χ0n) is 5.84. The lowest BCUT2D eigenvalue weighted by Crippen LogP contribution is -2.07. The van der Waals surface area contributed by atoms with Crippen molar-refractivity contribution >= 4 is 34.4 Å². The molecule has 0 aliphatic heterocycles. The van der Waals surface area contributed by atoms with E-state index in [4.69, 9.17) is 23.4 Å². The number of para-hydroxylation sites is 1. The Balaban J connectivity index is 3.05. The molecule has 5 heteroatoms. The first-order chi connectivity index (χ1) is 5.70. The van der Waals surface area contributed by atoms with Gasteiger partial charge in [-0.25, -0.2) is 8.88 Å². The minimum absolute atomic E-state index is 0.375. The van der Waals surface area contributed by atoms with Crippen LogP contribution >= 0.6 is 23.4 Å². The molecule has 2 rings (SSSR count). The fourth-order valence-corrected chi connectivity index (χ4v) is 1.47.